The Morgan fingerprint density at radius 1 is 1.27 bits per heavy atom. The van der Waals surface area contributed by atoms with E-state index in [-0.39, 0.29) is 11.3 Å². The van der Waals surface area contributed by atoms with Gasteiger partial charge in [0.2, 0.25) is 0 Å². The van der Waals surface area contributed by atoms with Crippen molar-refractivity contribution in [2.45, 2.75) is 0 Å². The third-order valence-corrected chi connectivity index (χ3v) is 3.51. The Kier molecular flexibility index (Phi) is 5.90. The molecule has 0 aliphatic rings. The van der Waals surface area contributed by atoms with Gasteiger partial charge in [-0.1, -0.05) is 6.07 Å². The summed E-state index contributed by atoms with van der Waals surface area (Å²) in [7, 11) is 3.10. The second-order valence-electron chi connectivity index (χ2n) is 5.14. The summed E-state index contributed by atoms with van der Waals surface area (Å²) in [5.41, 5.74) is 0.889. The van der Waals surface area contributed by atoms with Crippen molar-refractivity contribution >= 4 is 29.0 Å². The molecule has 2 rings (SSSR count). The molecule has 0 aromatic heterocycles. The van der Waals surface area contributed by atoms with Crippen molar-refractivity contribution in [3.63, 3.8) is 0 Å². The van der Waals surface area contributed by atoms with E-state index in [2.05, 4.69) is 10.6 Å². The molecule has 0 spiro atoms. The number of anilines is 2. The first-order valence-electron chi connectivity index (χ1n) is 7.52. The zero-order valence-electron chi connectivity index (χ0n) is 14.1. The maximum Gasteiger partial charge on any atom is 0.292 e. The summed E-state index contributed by atoms with van der Waals surface area (Å²) in [6, 6.07) is 12.8. The third kappa shape index (κ3) is 4.36. The largest absolute Gasteiger partial charge is 0.497 e. The predicted octanol–water partition coefficient (Wildman–Crippen LogP) is 3.19. The molecule has 8 heteroatoms. The van der Waals surface area contributed by atoms with Gasteiger partial charge in [-0.05, 0) is 42.0 Å². The number of amides is 1. The van der Waals surface area contributed by atoms with Crippen LogP contribution < -0.4 is 15.4 Å². The topological polar surface area (TPSA) is 117 Å². The SMILES string of the molecule is CNc1ccc(/C=C(\C#N)C(=O)Nc2ccc(OC)cc2)cc1[N+](=O)[O-]. The molecule has 1 amide bonds. The molecule has 2 aromatic carbocycles. The van der Waals surface area contributed by atoms with Crippen molar-refractivity contribution in [2.75, 3.05) is 24.8 Å². The van der Waals surface area contributed by atoms with E-state index in [4.69, 9.17) is 4.74 Å². The lowest BCUT2D eigenvalue weighted by molar-refractivity contribution is -0.384. The highest BCUT2D eigenvalue weighted by atomic mass is 16.6. The number of benzene rings is 2. The van der Waals surface area contributed by atoms with Crippen molar-refractivity contribution < 1.29 is 14.5 Å². The number of hydrogen-bond acceptors (Lipinski definition) is 6. The molecule has 0 saturated heterocycles. The van der Waals surface area contributed by atoms with Crippen LogP contribution in [0.25, 0.3) is 6.08 Å². The molecule has 2 aromatic rings. The minimum Gasteiger partial charge on any atom is -0.497 e. The van der Waals surface area contributed by atoms with Gasteiger partial charge >= 0.3 is 0 Å². The Bertz CT molecular complexity index is 898. The normalized spacial score (nSPS) is 10.6. The van der Waals surface area contributed by atoms with Gasteiger partial charge in [0, 0.05) is 18.8 Å². The van der Waals surface area contributed by atoms with Gasteiger partial charge in [0.1, 0.15) is 23.1 Å². The van der Waals surface area contributed by atoms with Gasteiger partial charge in [-0.3, -0.25) is 14.9 Å². The zero-order chi connectivity index (χ0) is 19.1. The number of carbonyl (C=O) groups is 1. The van der Waals surface area contributed by atoms with Gasteiger partial charge in [0.25, 0.3) is 11.6 Å². The maximum atomic E-state index is 12.3. The maximum absolute atomic E-state index is 12.3. The first-order valence-corrected chi connectivity index (χ1v) is 7.52. The summed E-state index contributed by atoms with van der Waals surface area (Å²) in [6.07, 6.45) is 1.30. The van der Waals surface area contributed by atoms with Crippen LogP contribution in [0.2, 0.25) is 0 Å². The smallest absolute Gasteiger partial charge is 0.292 e. The number of nitro benzene ring substituents is 1. The van der Waals surface area contributed by atoms with E-state index in [1.807, 2.05) is 6.07 Å². The van der Waals surface area contributed by atoms with Gasteiger partial charge in [-0.2, -0.15) is 5.26 Å². The number of rotatable bonds is 6. The average Bonchev–Trinajstić information content (AvgIpc) is 2.66. The van der Waals surface area contributed by atoms with Crippen LogP contribution in [-0.4, -0.2) is 25.0 Å². The second kappa shape index (κ2) is 8.30. The lowest BCUT2D eigenvalue weighted by atomic mass is 10.1. The molecule has 8 nitrogen and oxygen atoms in total. The fourth-order valence-corrected chi connectivity index (χ4v) is 2.19. The summed E-state index contributed by atoms with van der Waals surface area (Å²) in [6.45, 7) is 0. The van der Waals surface area contributed by atoms with E-state index in [1.165, 1.54) is 25.3 Å². The van der Waals surface area contributed by atoms with Crippen LogP contribution in [-0.2, 0) is 4.79 Å². The van der Waals surface area contributed by atoms with Crippen LogP contribution in [0.3, 0.4) is 0 Å². The quantitative estimate of drug-likeness (QED) is 0.357. The van der Waals surface area contributed by atoms with Crippen LogP contribution in [0.1, 0.15) is 5.56 Å². The minimum absolute atomic E-state index is 0.144. The van der Waals surface area contributed by atoms with Crippen LogP contribution in [0, 0.1) is 21.4 Å². The number of nitriles is 1. The molecule has 0 atom stereocenters. The van der Waals surface area contributed by atoms with Gasteiger partial charge in [-0.25, -0.2) is 0 Å². The van der Waals surface area contributed by atoms with Crippen molar-refractivity contribution in [1.29, 1.82) is 5.26 Å². The summed E-state index contributed by atoms with van der Waals surface area (Å²) >= 11 is 0. The molecule has 0 aliphatic heterocycles. The number of nitro groups is 1. The summed E-state index contributed by atoms with van der Waals surface area (Å²) in [5.74, 6) is 0.0222. The van der Waals surface area contributed by atoms with E-state index >= 15 is 0 Å². The Morgan fingerprint density at radius 2 is 1.96 bits per heavy atom. The average molecular weight is 352 g/mol. The third-order valence-electron chi connectivity index (χ3n) is 3.51. The molecule has 0 fully saturated rings. The first kappa shape index (κ1) is 18.5. The Hall–Kier alpha value is -3.86. The number of nitrogens with zero attached hydrogens (tertiary/aromatic N) is 2. The molecule has 0 heterocycles. The summed E-state index contributed by atoms with van der Waals surface area (Å²) in [5, 5.41) is 25.7. The number of hydrogen-bond donors (Lipinski definition) is 2. The number of methoxy groups -OCH3 is 1. The summed E-state index contributed by atoms with van der Waals surface area (Å²) in [4.78, 5) is 22.8. The molecule has 0 unspecified atom stereocenters. The number of carbonyl (C=O) groups excluding carboxylic acids is 1. The molecule has 0 bridgehead atoms. The molecule has 0 radical (unpaired) electrons. The van der Waals surface area contributed by atoms with E-state index in [9.17, 15) is 20.2 Å². The molecular formula is C18H16N4O4. The molecular weight excluding hydrogens is 336 g/mol. The zero-order valence-corrected chi connectivity index (χ0v) is 14.1. The molecule has 26 heavy (non-hydrogen) atoms. The number of ether oxygens (including phenoxy) is 1. The van der Waals surface area contributed by atoms with Crippen molar-refractivity contribution in [3.8, 4) is 11.8 Å². The van der Waals surface area contributed by atoms with Crippen molar-refractivity contribution in [3.05, 3.63) is 63.7 Å². The fraction of sp³-hybridized carbons (Fsp3) is 0.111. The molecule has 0 saturated carbocycles. The van der Waals surface area contributed by atoms with E-state index in [0.717, 1.165) is 0 Å². The van der Waals surface area contributed by atoms with Crippen LogP contribution >= 0.6 is 0 Å². The monoisotopic (exact) mass is 352 g/mol. The second-order valence-corrected chi connectivity index (χ2v) is 5.14. The fourth-order valence-electron chi connectivity index (χ4n) is 2.19. The van der Waals surface area contributed by atoms with Crippen molar-refractivity contribution in [2.24, 2.45) is 0 Å². The highest BCUT2D eigenvalue weighted by Gasteiger charge is 2.15. The Labute approximate surface area is 149 Å². The van der Waals surface area contributed by atoms with E-state index in [1.54, 1.807) is 37.4 Å². The van der Waals surface area contributed by atoms with Gasteiger partial charge in [-0.15, -0.1) is 0 Å². The van der Waals surface area contributed by atoms with Gasteiger partial charge < -0.3 is 15.4 Å². The highest BCUT2D eigenvalue weighted by molar-refractivity contribution is 6.09. The van der Waals surface area contributed by atoms with Gasteiger partial charge in [0.15, 0.2) is 0 Å². The van der Waals surface area contributed by atoms with E-state index in [0.29, 0.717) is 22.7 Å². The van der Waals surface area contributed by atoms with Crippen LogP contribution in [0.5, 0.6) is 5.75 Å². The Balaban J connectivity index is 2.26. The molecule has 0 aliphatic carbocycles. The lowest BCUT2D eigenvalue weighted by Crippen LogP contribution is -2.13. The Morgan fingerprint density at radius 3 is 2.50 bits per heavy atom. The number of nitrogens with one attached hydrogen (secondary N) is 2. The lowest BCUT2D eigenvalue weighted by Gasteiger charge is -2.06. The standard InChI is InChI=1S/C18H16N4O4/c1-20-16-8-3-12(10-17(16)22(24)25)9-13(11-19)18(23)21-14-4-6-15(26-2)7-5-14/h3-10,20H,1-2H3,(H,21,23)/b13-9+. The minimum atomic E-state index is -0.613. The first-order chi connectivity index (χ1) is 12.5. The van der Waals surface area contributed by atoms with E-state index < -0.39 is 10.8 Å². The summed E-state index contributed by atoms with van der Waals surface area (Å²) < 4.78 is 5.03. The molecule has 132 valence electrons. The molecule has 2 N–H and O–H groups in total. The van der Waals surface area contributed by atoms with Crippen LogP contribution in [0.15, 0.2) is 48.0 Å². The van der Waals surface area contributed by atoms with Crippen molar-refractivity contribution in [1.82, 2.24) is 0 Å². The van der Waals surface area contributed by atoms with Crippen LogP contribution in [0.4, 0.5) is 17.1 Å². The highest BCUT2D eigenvalue weighted by Crippen LogP contribution is 2.26. The van der Waals surface area contributed by atoms with Gasteiger partial charge in [0.05, 0.1) is 12.0 Å². The predicted molar refractivity (Wildman–Crippen MR) is 97.9 cm³/mol.